The Labute approximate surface area is 111 Å². The summed E-state index contributed by atoms with van der Waals surface area (Å²) >= 11 is 5.85. The predicted octanol–water partition coefficient (Wildman–Crippen LogP) is 1.97. The van der Waals surface area contributed by atoms with Crippen molar-refractivity contribution in [2.45, 2.75) is 31.9 Å². The molecule has 5 heteroatoms. The van der Waals surface area contributed by atoms with Crippen LogP contribution in [0.5, 0.6) is 0 Å². The molecule has 1 aromatic carbocycles. The number of aliphatic hydroxyl groups is 1. The maximum atomic E-state index is 12.0. The van der Waals surface area contributed by atoms with Crippen LogP contribution in [0.1, 0.15) is 25.8 Å². The van der Waals surface area contributed by atoms with Crippen LogP contribution in [0.3, 0.4) is 0 Å². The Bertz CT molecular complexity index is 484. The summed E-state index contributed by atoms with van der Waals surface area (Å²) in [6.45, 7) is 3.24. The molecule has 0 aromatic heterocycles. The summed E-state index contributed by atoms with van der Waals surface area (Å²) in [5.41, 5.74) is -1.25. The fourth-order valence-corrected chi connectivity index (χ4v) is 1.78. The van der Waals surface area contributed by atoms with Crippen molar-refractivity contribution in [2.24, 2.45) is 0 Å². The summed E-state index contributed by atoms with van der Waals surface area (Å²) in [6.07, 6.45) is 0.192. The van der Waals surface area contributed by atoms with E-state index in [0.29, 0.717) is 10.6 Å². The van der Waals surface area contributed by atoms with E-state index in [2.05, 4.69) is 5.32 Å². The number of amides is 1. The molecule has 0 radical (unpaired) electrons. The van der Waals surface area contributed by atoms with Crippen LogP contribution in [0.2, 0.25) is 5.02 Å². The van der Waals surface area contributed by atoms with Gasteiger partial charge >= 0.3 is 0 Å². The fraction of sp³-hybridized carbons (Fsp3) is 0.385. The van der Waals surface area contributed by atoms with E-state index in [1.807, 2.05) is 6.07 Å². The van der Waals surface area contributed by atoms with E-state index < -0.39 is 17.6 Å². The molecule has 0 bridgehead atoms. The Morgan fingerprint density at radius 3 is 2.83 bits per heavy atom. The van der Waals surface area contributed by atoms with Gasteiger partial charge in [0.15, 0.2) is 5.60 Å². The molecule has 0 heterocycles. The third-order valence-corrected chi connectivity index (χ3v) is 2.97. The molecule has 2 N–H and O–H groups in total. The Hall–Kier alpha value is -1.57. The van der Waals surface area contributed by atoms with Gasteiger partial charge in [-0.15, -0.1) is 0 Å². The average Bonchev–Trinajstić information content (AvgIpc) is 2.37. The number of nitrogens with zero attached hydrogens (tertiary/aromatic N) is 1. The van der Waals surface area contributed by atoms with Gasteiger partial charge in [0, 0.05) is 5.02 Å². The van der Waals surface area contributed by atoms with Gasteiger partial charge in [0.1, 0.15) is 6.04 Å². The smallest absolute Gasteiger partial charge is 0.257 e. The molecule has 0 saturated heterocycles. The van der Waals surface area contributed by atoms with Crippen LogP contribution in [0.25, 0.3) is 0 Å². The normalized spacial score (nSPS) is 15.3. The molecule has 2 unspecified atom stereocenters. The Morgan fingerprint density at radius 1 is 1.67 bits per heavy atom. The van der Waals surface area contributed by atoms with Crippen LogP contribution in [0, 0.1) is 11.3 Å². The van der Waals surface area contributed by atoms with Gasteiger partial charge in [-0.25, -0.2) is 0 Å². The Kier molecular flexibility index (Phi) is 4.71. The van der Waals surface area contributed by atoms with Crippen LogP contribution in [-0.4, -0.2) is 17.1 Å². The first-order valence-electron chi connectivity index (χ1n) is 5.63. The van der Waals surface area contributed by atoms with Crippen molar-refractivity contribution < 1.29 is 9.90 Å². The van der Waals surface area contributed by atoms with E-state index in [-0.39, 0.29) is 6.42 Å². The number of carbonyl (C=O) groups is 1. The molecule has 1 rings (SSSR count). The van der Waals surface area contributed by atoms with Crippen LogP contribution < -0.4 is 5.32 Å². The molecule has 1 amide bonds. The molecule has 0 aliphatic rings. The number of carbonyl (C=O) groups excluding carboxylic acids is 1. The van der Waals surface area contributed by atoms with E-state index in [1.165, 1.54) is 0 Å². The van der Waals surface area contributed by atoms with E-state index in [0.717, 1.165) is 0 Å². The first kappa shape index (κ1) is 14.5. The van der Waals surface area contributed by atoms with Gasteiger partial charge in [-0.3, -0.25) is 4.79 Å². The van der Waals surface area contributed by atoms with Gasteiger partial charge in [-0.05, 0) is 31.0 Å². The highest BCUT2D eigenvalue weighted by Crippen LogP contribution is 2.27. The van der Waals surface area contributed by atoms with Crippen molar-refractivity contribution in [3.8, 4) is 6.07 Å². The Morgan fingerprint density at radius 2 is 2.33 bits per heavy atom. The largest absolute Gasteiger partial charge is 0.375 e. The standard InChI is InChI=1S/C13H15ClN2O2/c1-3-13(18,12(17)16-9(2)8-15)10-5-4-6-11(14)7-10/h4-7,9,18H,3H2,1-2H3,(H,16,17). The van der Waals surface area contributed by atoms with Gasteiger partial charge in [0.05, 0.1) is 6.07 Å². The van der Waals surface area contributed by atoms with E-state index in [4.69, 9.17) is 16.9 Å². The van der Waals surface area contributed by atoms with Gasteiger partial charge in [0.2, 0.25) is 0 Å². The molecule has 0 fully saturated rings. The van der Waals surface area contributed by atoms with Crippen LogP contribution in [0.15, 0.2) is 24.3 Å². The Balaban J connectivity index is 3.06. The molecular weight excluding hydrogens is 252 g/mol. The maximum absolute atomic E-state index is 12.0. The first-order valence-corrected chi connectivity index (χ1v) is 6.01. The molecule has 0 aliphatic heterocycles. The quantitative estimate of drug-likeness (QED) is 0.875. The average molecular weight is 267 g/mol. The number of nitriles is 1. The lowest BCUT2D eigenvalue weighted by molar-refractivity contribution is -0.141. The van der Waals surface area contributed by atoms with Crippen molar-refractivity contribution in [1.29, 1.82) is 5.26 Å². The summed E-state index contributed by atoms with van der Waals surface area (Å²) in [5, 5.41) is 22.0. The lowest BCUT2D eigenvalue weighted by atomic mass is 9.90. The second-order valence-electron chi connectivity index (χ2n) is 4.05. The second kappa shape index (κ2) is 5.85. The molecule has 0 saturated carbocycles. The minimum absolute atomic E-state index is 0.192. The number of hydrogen-bond acceptors (Lipinski definition) is 3. The third-order valence-electron chi connectivity index (χ3n) is 2.73. The molecule has 0 aliphatic carbocycles. The summed E-state index contributed by atoms with van der Waals surface area (Å²) in [7, 11) is 0. The molecule has 0 spiro atoms. The van der Waals surface area contributed by atoms with Crippen molar-refractivity contribution in [3.63, 3.8) is 0 Å². The second-order valence-corrected chi connectivity index (χ2v) is 4.48. The minimum Gasteiger partial charge on any atom is -0.375 e. The van der Waals surface area contributed by atoms with Crippen molar-refractivity contribution >= 4 is 17.5 Å². The molecular formula is C13H15ClN2O2. The maximum Gasteiger partial charge on any atom is 0.257 e. The SMILES string of the molecule is CCC(O)(C(=O)NC(C)C#N)c1cccc(Cl)c1. The van der Waals surface area contributed by atoms with Crippen LogP contribution in [-0.2, 0) is 10.4 Å². The number of benzene rings is 1. The fourth-order valence-electron chi connectivity index (χ4n) is 1.59. The first-order chi connectivity index (χ1) is 8.43. The van der Waals surface area contributed by atoms with Gasteiger partial charge in [0.25, 0.3) is 5.91 Å². The summed E-state index contributed by atoms with van der Waals surface area (Å²) in [4.78, 5) is 12.0. The zero-order valence-electron chi connectivity index (χ0n) is 10.3. The van der Waals surface area contributed by atoms with E-state index in [1.54, 1.807) is 38.1 Å². The lowest BCUT2D eigenvalue weighted by Gasteiger charge is -2.26. The molecule has 2 atom stereocenters. The number of hydrogen-bond donors (Lipinski definition) is 2. The van der Waals surface area contributed by atoms with Gasteiger partial charge in [-0.1, -0.05) is 30.7 Å². The predicted molar refractivity (Wildman–Crippen MR) is 68.9 cm³/mol. The lowest BCUT2D eigenvalue weighted by Crippen LogP contribution is -2.47. The zero-order valence-corrected chi connectivity index (χ0v) is 11.0. The number of nitrogens with one attached hydrogen (secondary N) is 1. The highest BCUT2D eigenvalue weighted by molar-refractivity contribution is 6.30. The van der Waals surface area contributed by atoms with E-state index in [9.17, 15) is 9.90 Å². The van der Waals surface area contributed by atoms with Crippen molar-refractivity contribution in [2.75, 3.05) is 0 Å². The molecule has 1 aromatic rings. The van der Waals surface area contributed by atoms with Crippen LogP contribution >= 0.6 is 11.6 Å². The minimum atomic E-state index is -1.67. The molecule has 18 heavy (non-hydrogen) atoms. The van der Waals surface area contributed by atoms with Gasteiger partial charge in [-0.2, -0.15) is 5.26 Å². The summed E-state index contributed by atoms with van der Waals surface area (Å²) in [5.74, 6) is -0.596. The number of halogens is 1. The van der Waals surface area contributed by atoms with Gasteiger partial charge < -0.3 is 10.4 Å². The van der Waals surface area contributed by atoms with Crippen molar-refractivity contribution in [3.05, 3.63) is 34.9 Å². The third kappa shape index (κ3) is 3.00. The van der Waals surface area contributed by atoms with Crippen LogP contribution in [0.4, 0.5) is 0 Å². The highest BCUT2D eigenvalue weighted by Gasteiger charge is 2.36. The number of rotatable bonds is 4. The zero-order chi connectivity index (χ0) is 13.8. The highest BCUT2D eigenvalue weighted by atomic mass is 35.5. The summed E-state index contributed by atoms with van der Waals surface area (Å²) < 4.78 is 0. The topological polar surface area (TPSA) is 73.1 Å². The summed E-state index contributed by atoms with van der Waals surface area (Å²) in [6, 6.07) is 7.73. The molecule has 4 nitrogen and oxygen atoms in total. The monoisotopic (exact) mass is 266 g/mol. The van der Waals surface area contributed by atoms with E-state index >= 15 is 0 Å². The molecule has 96 valence electrons. The van der Waals surface area contributed by atoms with Crippen molar-refractivity contribution in [1.82, 2.24) is 5.32 Å².